The zero-order valence-electron chi connectivity index (χ0n) is 12.6. The zero-order valence-corrected chi connectivity index (χ0v) is 13.3. The maximum Gasteiger partial charge on any atom is 0.311 e. The average Bonchev–Trinajstić information content (AvgIpc) is 2.47. The van der Waals surface area contributed by atoms with Crippen LogP contribution in [0.5, 0.6) is 5.75 Å². The number of halogens is 1. The first kappa shape index (κ1) is 18.2. The van der Waals surface area contributed by atoms with Crippen molar-refractivity contribution in [2.75, 3.05) is 6.61 Å². The van der Waals surface area contributed by atoms with Crippen molar-refractivity contribution in [3.05, 3.63) is 41.9 Å². The second-order valence-corrected chi connectivity index (χ2v) is 5.23. The molecule has 1 rings (SSSR count). The molecule has 0 saturated carbocycles. The normalized spacial score (nSPS) is 10.0. The van der Waals surface area contributed by atoms with Crippen LogP contribution in [0.25, 0.3) is 0 Å². The van der Waals surface area contributed by atoms with E-state index in [1.165, 1.54) is 0 Å². The molecule has 120 valence electrons. The number of unbranched alkanes of at least 4 members (excludes halogenated alkanes) is 2. The standard InChI is InChI=1S/C17H21ClO4/c1-2-3-4-5-12-21-16(19)10-7-11-17(20)22-15-9-6-8-14(18)13-15/h2,6,8-9,13H,1,3-5,7,10-12H2. The van der Waals surface area contributed by atoms with Crippen LogP contribution in [-0.2, 0) is 14.3 Å². The minimum atomic E-state index is -0.388. The summed E-state index contributed by atoms with van der Waals surface area (Å²) >= 11 is 5.80. The van der Waals surface area contributed by atoms with Crippen LogP contribution in [0.3, 0.4) is 0 Å². The van der Waals surface area contributed by atoms with Crippen molar-refractivity contribution in [2.45, 2.75) is 38.5 Å². The summed E-state index contributed by atoms with van der Waals surface area (Å²) in [5.41, 5.74) is 0. The Labute approximate surface area is 136 Å². The maximum absolute atomic E-state index is 11.6. The van der Waals surface area contributed by atoms with E-state index in [4.69, 9.17) is 21.1 Å². The Morgan fingerprint density at radius 3 is 2.64 bits per heavy atom. The number of carbonyl (C=O) groups excluding carboxylic acids is 2. The molecule has 5 heteroatoms. The molecule has 0 bridgehead atoms. The zero-order chi connectivity index (χ0) is 16.2. The van der Waals surface area contributed by atoms with Crippen molar-refractivity contribution >= 4 is 23.5 Å². The van der Waals surface area contributed by atoms with Crippen LogP contribution < -0.4 is 4.74 Å². The first-order chi connectivity index (χ1) is 10.6. The van der Waals surface area contributed by atoms with Gasteiger partial charge in [-0.15, -0.1) is 6.58 Å². The van der Waals surface area contributed by atoms with Gasteiger partial charge in [-0.2, -0.15) is 0 Å². The fourth-order valence-corrected chi connectivity index (χ4v) is 1.92. The van der Waals surface area contributed by atoms with E-state index in [-0.39, 0.29) is 24.8 Å². The van der Waals surface area contributed by atoms with Crippen LogP contribution >= 0.6 is 11.6 Å². The van der Waals surface area contributed by atoms with Gasteiger partial charge in [0.05, 0.1) is 6.61 Å². The van der Waals surface area contributed by atoms with Crippen molar-refractivity contribution in [1.29, 1.82) is 0 Å². The van der Waals surface area contributed by atoms with Crippen LogP contribution in [0.4, 0.5) is 0 Å². The molecule has 0 atom stereocenters. The first-order valence-corrected chi connectivity index (χ1v) is 7.72. The third kappa shape index (κ3) is 8.47. The molecule has 0 heterocycles. The third-order valence-corrected chi connectivity index (χ3v) is 3.09. The predicted octanol–water partition coefficient (Wildman–Crippen LogP) is 4.32. The summed E-state index contributed by atoms with van der Waals surface area (Å²) in [5.74, 6) is -0.266. The van der Waals surface area contributed by atoms with E-state index >= 15 is 0 Å². The fourth-order valence-electron chi connectivity index (χ4n) is 1.74. The Kier molecular flexibility index (Phi) is 9.00. The van der Waals surface area contributed by atoms with Crippen molar-refractivity contribution in [3.8, 4) is 5.75 Å². The molecule has 1 aromatic carbocycles. The highest BCUT2D eigenvalue weighted by Gasteiger charge is 2.08. The first-order valence-electron chi connectivity index (χ1n) is 7.34. The molecule has 0 aromatic heterocycles. The van der Waals surface area contributed by atoms with Gasteiger partial charge < -0.3 is 9.47 Å². The molecule has 0 radical (unpaired) electrons. The molecule has 0 aliphatic rings. The van der Waals surface area contributed by atoms with E-state index in [1.807, 2.05) is 6.08 Å². The Morgan fingerprint density at radius 2 is 1.91 bits per heavy atom. The van der Waals surface area contributed by atoms with Gasteiger partial charge in [-0.05, 0) is 43.9 Å². The molecule has 0 unspecified atom stereocenters. The van der Waals surface area contributed by atoms with Crippen molar-refractivity contribution in [2.24, 2.45) is 0 Å². The predicted molar refractivity (Wildman–Crippen MR) is 85.9 cm³/mol. The molecule has 1 aromatic rings. The van der Waals surface area contributed by atoms with Crippen LogP contribution in [0.2, 0.25) is 5.02 Å². The van der Waals surface area contributed by atoms with E-state index in [2.05, 4.69) is 6.58 Å². The average molecular weight is 325 g/mol. The van der Waals surface area contributed by atoms with E-state index in [0.717, 1.165) is 19.3 Å². The molecule has 0 saturated heterocycles. The minimum Gasteiger partial charge on any atom is -0.466 e. The van der Waals surface area contributed by atoms with Gasteiger partial charge in [0.25, 0.3) is 0 Å². The quantitative estimate of drug-likeness (QED) is 0.278. The lowest BCUT2D eigenvalue weighted by molar-refractivity contribution is -0.144. The summed E-state index contributed by atoms with van der Waals surface area (Å²) in [7, 11) is 0. The lowest BCUT2D eigenvalue weighted by Crippen LogP contribution is -2.10. The van der Waals surface area contributed by atoms with E-state index in [0.29, 0.717) is 23.8 Å². The highest BCUT2D eigenvalue weighted by atomic mass is 35.5. The molecule has 0 aliphatic carbocycles. The lowest BCUT2D eigenvalue weighted by Gasteiger charge is -2.05. The fraction of sp³-hybridized carbons (Fsp3) is 0.412. The maximum atomic E-state index is 11.6. The van der Waals surface area contributed by atoms with Gasteiger partial charge in [-0.1, -0.05) is 23.7 Å². The van der Waals surface area contributed by atoms with Crippen LogP contribution in [-0.4, -0.2) is 18.5 Å². The molecule has 0 amide bonds. The highest BCUT2D eigenvalue weighted by Crippen LogP contribution is 2.17. The third-order valence-electron chi connectivity index (χ3n) is 2.86. The summed E-state index contributed by atoms with van der Waals surface area (Å²) in [6.07, 6.45) is 5.34. The molecule has 0 aliphatic heterocycles. The van der Waals surface area contributed by atoms with Gasteiger partial charge >= 0.3 is 11.9 Å². The largest absolute Gasteiger partial charge is 0.466 e. The SMILES string of the molecule is C=CCCCCOC(=O)CCCC(=O)Oc1cccc(Cl)c1. The van der Waals surface area contributed by atoms with Crippen molar-refractivity contribution in [1.82, 2.24) is 0 Å². The molecule has 0 fully saturated rings. The van der Waals surface area contributed by atoms with Gasteiger partial charge in [-0.25, -0.2) is 0 Å². The molecule has 0 spiro atoms. The highest BCUT2D eigenvalue weighted by molar-refractivity contribution is 6.30. The topological polar surface area (TPSA) is 52.6 Å². The molecule has 22 heavy (non-hydrogen) atoms. The number of esters is 2. The number of rotatable bonds is 10. The monoisotopic (exact) mass is 324 g/mol. The Bertz CT molecular complexity index is 499. The summed E-state index contributed by atoms with van der Waals surface area (Å²) in [5, 5.41) is 0.505. The van der Waals surface area contributed by atoms with E-state index in [1.54, 1.807) is 24.3 Å². The van der Waals surface area contributed by atoms with Crippen molar-refractivity contribution < 1.29 is 19.1 Å². The second-order valence-electron chi connectivity index (χ2n) is 4.79. The summed E-state index contributed by atoms with van der Waals surface area (Å²) in [6.45, 7) is 4.04. The summed E-state index contributed by atoms with van der Waals surface area (Å²) in [4.78, 5) is 23.1. The van der Waals surface area contributed by atoms with Crippen LogP contribution in [0.15, 0.2) is 36.9 Å². The van der Waals surface area contributed by atoms with Gasteiger partial charge in [0, 0.05) is 17.9 Å². The second kappa shape index (κ2) is 10.9. The molecular formula is C17H21ClO4. The number of benzene rings is 1. The lowest BCUT2D eigenvalue weighted by atomic mass is 10.2. The number of carbonyl (C=O) groups is 2. The Hall–Kier alpha value is -1.81. The number of hydrogen-bond donors (Lipinski definition) is 0. The van der Waals surface area contributed by atoms with Gasteiger partial charge in [0.15, 0.2) is 0 Å². The minimum absolute atomic E-state index is 0.165. The van der Waals surface area contributed by atoms with Crippen LogP contribution in [0.1, 0.15) is 38.5 Å². The summed E-state index contributed by atoms with van der Waals surface area (Å²) in [6, 6.07) is 6.62. The number of ether oxygens (including phenoxy) is 2. The van der Waals surface area contributed by atoms with Gasteiger partial charge in [0.1, 0.15) is 5.75 Å². The van der Waals surface area contributed by atoms with Crippen molar-refractivity contribution in [3.63, 3.8) is 0 Å². The van der Waals surface area contributed by atoms with Crippen LogP contribution in [0, 0.1) is 0 Å². The Balaban J connectivity index is 2.11. The number of hydrogen-bond acceptors (Lipinski definition) is 4. The van der Waals surface area contributed by atoms with E-state index in [9.17, 15) is 9.59 Å². The van der Waals surface area contributed by atoms with E-state index < -0.39 is 0 Å². The number of allylic oxidation sites excluding steroid dienone is 1. The van der Waals surface area contributed by atoms with Gasteiger partial charge in [-0.3, -0.25) is 9.59 Å². The molecule has 4 nitrogen and oxygen atoms in total. The smallest absolute Gasteiger partial charge is 0.311 e. The molecule has 0 N–H and O–H groups in total. The summed E-state index contributed by atoms with van der Waals surface area (Å²) < 4.78 is 10.2. The van der Waals surface area contributed by atoms with Gasteiger partial charge in [0.2, 0.25) is 0 Å². The Morgan fingerprint density at radius 1 is 1.14 bits per heavy atom. The molecular weight excluding hydrogens is 304 g/mol.